The molecule has 1 heterocycles. The summed E-state index contributed by atoms with van der Waals surface area (Å²) in [5, 5.41) is 0. The van der Waals surface area contributed by atoms with E-state index in [-0.39, 0.29) is 11.8 Å². The molecule has 0 bridgehead atoms. The van der Waals surface area contributed by atoms with Crippen LogP contribution >= 0.6 is 0 Å². The van der Waals surface area contributed by atoms with Gasteiger partial charge in [0.15, 0.2) is 0 Å². The van der Waals surface area contributed by atoms with E-state index in [1.807, 2.05) is 47.4 Å². The van der Waals surface area contributed by atoms with Crippen molar-refractivity contribution >= 4 is 23.2 Å². The first-order valence-electron chi connectivity index (χ1n) is 9.58. The summed E-state index contributed by atoms with van der Waals surface area (Å²) in [4.78, 5) is 30.5. The zero-order valence-corrected chi connectivity index (χ0v) is 16.5. The van der Waals surface area contributed by atoms with Crippen molar-refractivity contribution in [2.24, 2.45) is 0 Å². The fourth-order valence-corrected chi connectivity index (χ4v) is 3.45. The van der Waals surface area contributed by atoms with E-state index >= 15 is 0 Å². The highest BCUT2D eigenvalue weighted by atomic mass is 16.5. The van der Waals surface area contributed by atoms with E-state index in [0.29, 0.717) is 26.1 Å². The number of piperazine rings is 1. The molecule has 0 aromatic heterocycles. The van der Waals surface area contributed by atoms with Gasteiger partial charge in [0.25, 0.3) is 0 Å². The fraction of sp³-hybridized carbons (Fsp3) is 0.364. The summed E-state index contributed by atoms with van der Waals surface area (Å²) in [6.45, 7) is 4.95. The lowest BCUT2D eigenvalue weighted by Gasteiger charge is -2.36. The monoisotopic (exact) mass is 381 g/mol. The van der Waals surface area contributed by atoms with Crippen LogP contribution in [0.15, 0.2) is 54.6 Å². The van der Waals surface area contributed by atoms with Gasteiger partial charge in [-0.3, -0.25) is 9.59 Å². The van der Waals surface area contributed by atoms with Crippen LogP contribution in [-0.2, 0) is 9.59 Å². The van der Waals surface area contributed by atoms with Gasteiger partial charge < -0.3 is 19.4 Å². The van der Waals surface area contributed by atoms with Crippen molar-refractivity contribution < 1.29 is 14.3 Å². The van der Waals surface area contributed by atoms with Gasteiger partial charge in [0.05, 0.1) is 7.11 Å². The molecule has 2 aromatic rings. The quantitative estimate of drug-likeness (QED) is 0.772. The maximum absolute atomic E-state index is 12.6. The smallest absolute Gasteiger partial charge is 0.224 e. The van der Waals surface area contributed by atoms with Crippen LogP contribution in [0.4, 0.5) is 11.4 Å². The molecule has 148 valence electrons. The highest BCUT2D eigenvalue weighted by molar-refractivity contribution is 5.92. The van der Waals surface area contributed by atoms with Crippen molar-refractivity contribution in [3.8, 4) is 5.75 Å². The van der Waals surface area contributed by atoms with E-state index in [9.17, 15) is 9.59 Å². The lowest BCUT2D eigenvalue weighted by atomic mass is 10.2. The number of rotatable bonds is 6. The molecular weight excluding hydrogens is 354 g/mol. The second-order valence-corrected chi connectivity index (χ2v) is 6.82. The van der Waals surface area contributed by atoms with E-state index in [1.165, 1.54) is 12.6 Å². The van der Waals surface area contributed by atoms with Gasteiger partial charge in [-0.15, -0.1) is 0 Å². The molecule has 2 amide bonds. The molecule has 0 radical (unpaired) electrons. The maximum atomic E-state index is 12.6. The molecule has 1 aliphatic heterocycles. The van der Waals surface area contributed by atoms with Gasteiger partial charge in [0.2, 0.25) is 11.8 Å². The zero-order valence-electron chi connectivity index (χ0n) is 16.5. The number of hydrogen-bond acceptors (Lipinski definition) is 4. The van der Waals surface area contributed by atoms with Crippen LogP contribution < -0.4 is 14.5 Å². The average Bonchev–Trinajstić information content (AvgIpc) is 2.74. The molecule has 0 unspecified atom stereocenters. The number of amides is 2. The van der Waals surface area contributed by atoms with E-state index in [4.69, 9.17) is 4.74 Å². The molecule has 1 aliphatic rings. The second kappa shape index (κ2) is 9.26. The number of anilines is 2. The number of hydrogen-bond donors (Lipinski definition) is 0. The minimum atomic E-state index is -0.0770. The minimum Gasteiger partial charge on any atom is -0.497 e. The Balaban J connectivity index is 1.53. The van der Waals surface area contributed by atoms with Crippen LogP contribution in [0.25, 0.3) is 0 Å². The Morgan fingerprint density at radius 2 is 1.61 bits per heavy atom. The molecule has 1 fully saturated rings. The van der Waals surface area contributed by atoms with Gasteiger partial charge in [-0.25, -0.2) is 0 Å². The average molecular weight is 381 g/mol. The lowest BCUT2D eigenvalue weighted by Crippen LogP contribution is -2.49. The van der Waals surface area contributed by atoms with Gasteiger partial charge in [-0.05, 0) is 36.4 Å². The molecule has 6 heteroatoms. The maximum Gasteiger partial charge on any atom is 0.224 e. The molecule has 28 heavy (non-hydrogen) atoms. The van der Waals surface area contributed by atoms with Crippen molar-refractivity contribution in [1.29, 1.82) is 0 Å². The Morgan fingerprint density at radius 3 is 2.18 bits per heavy atom. The van der Waals surface area contributed by atoms with Gasteiger partial charge in [0.1, 0.15) is 5.75 Å². The first-order chi connectivity index (χ1) is 13.6. The Bertz CT molecular complexity index is 784. The summed E-state index contributed by atoms with van der Waals surface area (Å²) in [5.41, 5.74) is 1.96. The van der Waals surface area contributed by atoms with Crippen LogP contribution in [0, 0.1) is 0 Å². The molecule has 6 nitrogen and oxygen atoms in total. The Morgan fingerprint density at radius 1 is 0.964 bits per heavy atom. The van der Waals surface area contributed by atoms with E-state index in [0.717, 1.165) is 24.5 Å². The number of para-hydroxylation sites is 1. The van der Waals surface area contributed by atoms with Crippen LogP contribution in [0.2, 0.25) is 0 Å². The van der Waals surface area contributed by atoms with Crippen LogP contribution in [0.5, 0.6) is 5.75 Å². The minimum absolute atomic E-state index is 0.0770. The number of nitrogens with zero attached hydrogens (tertiary/aromatic N) is 3. The largest absolute Gasteiger partial charge is 0.497 e. The molecule has 0 atom stereocenters. The molecule has 0 saturated carbocycles. The molecule has 1 saturated heterocycles. The Hall–Kier alpha value is -3.02. The normalized spacial score (nSPS) is 13.9. The highest BCUT2D eigenvalue weighted by Crippen LogP contribution is 2.20. The molecular formula is C22H27N3O3. The van der Waals surface area contributed by atoms with E-state index in [1.54, 1.807) is 12.0 Å². The van der Waals surface area contributed by atoms with Gasteiger partial charge >= 0.3 is 0 Å². The van der Waals surface area contributed by atoms with Crippen LogP contribution in [0.3, 0.4) is 0 Å². The lowest BCUT2D eigenvalue weighted by molar-refractivity contribution is -0.131. The molecule has 0 N–H and O–H groups in total. The first kappa shape index (κ1) is 19.7. The number of carbonyl (C=O) groups excluding carboxylic acids is 2. The van der Waals surface area contributed by atoms with Crippen LogP contribution in [-0.4, -0.2) is 56.5 Å². The fourth-order valence-electron chi connectivity index (χ4n) is 3.45. The third-order valence-electron chi connectivity index (χ3n) is 5.07. The third kappa shape index (κ3) is 4.82. The molecule has 0 aliphatic carbocycles. The highest BCUT2D eigenvalue weighted by Gasteiger charge is 2.22. The summed E-state index contributed by atoms with van der Waals surface area (Å²) < 4.78 is 5.16. The topological polar surface area (TPSA) is 53.1 Å². The summed E-state index contributed by atoms with van der Waals surface area (Å²) >= 11 is 0. The van der Waals surface area contributed by atoms with Gasteiger partial charge in [0, 0.05) is 57.4 Å². The summed E-state index contributed by atoms with van der Waals surface area (Å²) in [7, 11) is 1.61. The molecule has 0 spiro atoms. The second-order valence-electron chi connectivity index (χ2n) is 6.82. The number of methoxy groups -OCH3 is 1. The molecule has 2 aromatic carbocycles. The summed E-state index contributed by atoms with van der Waals surface area (Å²) in [5.74, 6) is 0.749. The van der Waals surface area contributed by atoms with Gasteiger partial charge in [-0.1, -0.05) is 18.2 Å². The predicted octanol–water partition coefficient (Wildman–Crippen LogP) is 2.79. The van der Waals surface area contributed by atoms with Crippen molar-refractivity contribution in [3.05, 3.63) is 54.6 Å². The Kier molecular flexibility index (Phi) is 6.53. The van der Waals surface area contributed by atoms with E-state index in [2.05, 4.69) is 17.0 Å². The van der Waals surface area contributed by atoms with E-state index < -0.39 is 0 Å². The van der Waals surface area contributed by atoms with Crippen molar-refractivity contribution in [1.82, 2.24) is 4.90 Å². The standard InChI is InChI=1S/C22H27N3O3/c1-18(26)25(20-8-10-21(28-2)11-9-20)13-12-22(27)24-16-14-23(15-17-24)19-6-4-3-5-7-19/h3-11H,12-17H2,1-2H3. The Labute approximate surface area is 166 Å². The SMILES string of the molecule is COc1ccc(N(CCC(=O)N2CCN(c3ccccc3)CC2)C(C)=O)cc1. The van der Waals surface area contributed by atoms with Gasteiger partial charge in [-0.2, -0.15) is 0 Å². The molecule has 3 rings (SSSR count). The summed E-state index contributed by atoms with van der Waals surface area (Å²) in [6, 6.07) is 17.6. The number of carbonyl (C=O) groups is 2. The van der Waals surface area contributed by atoms with Crippen LogP contribution in [0.1, 0.15) is 13.3 Å². The number of benzene rings is 2. The summed E-state index contributed by atoms with van der Waals surface area (Å²) in [6.07, 6.45) is 0.316. The van der Waals surface area contributed by atoms with Crippen molar-refractivity contribution in [3.63, 3.8) is 0 Å². The number of ether oxygens (including phenoxy) is 1. The zero-order chi connectivity index (χ0) is 19.9. The van der Waals surface area contributed by atoms with Crippen molar-refractivity contribution in [2.45, 2.75) is 13.3 Å². The predicted molar refractivity (Wildman–Crippen MR) is 111 cm³/mol. The van der Waals surface area contributed by atoms with Crippen molar-refractivity contribution in [2.75, 3.05) is 49.6 Å². The third-order valence-corrected chi connectivity index (χ3v) is 5.07. The first-order valence-corrected chi connectivity index (χ1v) is 9.58.